The molecule has 3 aromatic rings. The first kappa shape index (κ1) is 17.9. The maximum Gasteiger partial charge on any atom is 0.257 e. The van der Waals surface area contributed by atoms with Crippen molar-refractivity contribution in [2.75, 3.05) is 6.54 Å². The monoisotopic (exact) mass is 360 g/mol. The smallest absolute Gasteiger partial charge is 0.257 e. The van der Waals surface area contributed by atoms with Gasteiger partial charge in [-0.2, -0.15) is 5.26 Å². The molecule has 3 rings (SSSR count). The number of fused-ring (bicyclic) bond motifs is 1. The van der Waals surface area contributed by atoms with Crippen LogP contribution >= 0.6 is 0 Å². The molecule has 0 aliphatic heterocycles. The highest BCUT2D eigenvalue weighted by atomic mass is 16.2. The summed E-state index contributed by atoms with van der Waals surface area (Å²) in [6, 6.07) is 15.7. The quantitative estimate of drug-likeness (QED) is 0.639. The first-order valence-electron chi connectivity index (χ1n) is 8.23. The Kier molecular flexibility index (Phi) is 5.28. The van der Waals surface area contributed by atoms with E-state index in [1.165, 1.54) is 6.20 Å². The SMILES string of the molecule is N#Cc1ccc(CNC(=O)CNC(=O)c2c[nH]c3ccccc3c2=O)cc1. The van der Waals surface area contributed by atoms with Crippen LogP contribution in [0.15, 0.2) is 59.5 Å². The average Bonchev–Trinajstić information content (AvgIpc) is 2.71. The van der Waals surface area contributed by atoms with Gasteiger partial charge in [-0.25, -0.2) is 0 Å². The Balaban J connectivity index is 1.57. The van der Waals surface area contributed by atoms with E-state index in [0.29, 0.717) is 16.5 Å². The van der Waals surface area contributed by atoms with Crippen molar-refractivity contribution in [2.45, 2.75) is 6.54 Å². The maximum absolute atomic E-state index is 12.4. The second-order valence-electron chi connectivity index (χ2n) is 5.85. The van der Waals surface area contributed by atoms with E-state index in [2.05, 4.69) is 15.6 Å². The summed E-state index contributed by atoms with van der Waals surface area (Å²) >= 11 is 0. The molecule has 1 aromatic heterocycles. The molecule has 0 aliphatic carbocycles. The van der Waals surface area contributed by atoms with Crippen molar-refractivity contribution in [1.82, 2.24) is 15.6 Å². The van der Waals surface area contributed by atoms with Gasteiger partial charge in [0.15, 0.2) is 0 Å². The van der Waals surface area contributed by atoms with E-state index in [4.69, 9.17) is 5.26 Å². The molecule has 0 saturated heterocycles. The van der Waals surface area contributed by atoms with Crippen LogP contribution in [-0.4, -0.2) is 23.3 Å². The highest BCUT2D eigenvalue weighted by Crippen LogP contribution is 2.07. The summed E-state index contributed by atoms with van der Waals surface area (Å²) in [6.07, 6.45) is 1.34. The van der Waals surface area contributed by atoms with Crippen molar-refractivity contribution in [1.29, 1.82) is 5.26 Å². The second kappa shape index (κ2) is 7.97. The number of pyridine rings is 1. The van der Waals surface area contributed by atoms with Crippen LogP contribution in [0.2, 0.25) is 0 Å². The summed E-state index contributed by atoms with van der Waals surface area (Å²) in [7, 11) is 0. The van der Waals surface area contributed by atoms with Crippen molar-refractivity contribution in [3.05, 3.63) is 81.6 Å². The van der Waals surface area contributed by atoms with Crippen LogP contribution in [0.25, 0.3) is 10.9 Å². The van der Waals surface area contributed by atoms with Gasteiger partial charge in [-0.1, -0.05) is 24.3 Å². The van der Waals surface area contributed by atoms with Crippen molar-refractivity contribution in [3.63, 3.8) is 0 Å². The van der Waals surface area contributed by atoms with Crippen molar-refractivity contribution >= 4 is 22.7 Å². The van der Waals surface area contributed by atoms with Crippen LogP contribution in [-0.2, 0) is 11.3 Å². The van der Waals surface area contributed by atoms with E-state index in [9.17, 15) is 14.4 Å². The summed E-state index contributed by atoms with van der Waals surface area (Å²) in [6.45, 7) is 0.0261. The Morgan fingerprint density at radius 3 is 2.52 bits per heavy atom. The van der Waals surface area contributed by atoms with Gasteiger partial charge in [0.1, 0.15) is 5.56 Å². The number of hydrogen-bond donors (Lipinski definition) is 3. The molecule has 2 aromatic carbocycles. The summed E-state index contributed by atoms with van der Waals surface area (Å²) in [5.74, 6) is -1.000. The molecule has 7 nitrogen and oxygen atoms in total. The predicted molar refractivity (Wildman–Crippen MR) is 99.9 cm³/mol. The minimum Gasteiger partial charge on any atom is -0.360 e. The Morgan fingerprint density at radius 2 is 1.78 bits per heavy atom. The average molecular weight is 360 g/mol. The number of rotatable bonds is 5. The molecule has 0 aliphatic rings. The molecule has 0 bridgehead atoms. The molecule has 0 saturated carbocycles. The van der Waals surface area contributed by atoms with Gasteiger partial charge in [0.25, 0.3) is 5.91 Å². The minimum atomic E-state index is -0.615. The fraction of sp³-hybridized carbons (Fsp3) is 0.100. The number of aromatic amines is 1. The van der Waals surface area contributed by atoms with E-state index in [1.54, 1.807) is 48.5 Å². The molecule has 2 amide bonds. The largest absolute Gasteiger partial charge is 0.360 e. The van der Waals surface area contributed by atoms with Gasteiger partial charge in [-0.15, -0.1) is 0 Å². The molecule has 3 N–H and O–H groups in total. The van der Waals surface area contributed by atoms with E-state index < -0.39 is 5.91 Å². The molecule has 134 valence electrons. The summed E-state index contributed by atoms with van der Waals surface area (Å²) < 4.78 is 0. The Hall–Kier alpha value is -3.92. The number of amides is 2. The summed E-state index contributed by atoms with van der Waals surface area (Å²) in [5.41, 5.74) is 1.57. The van der Waals surface area contributed by atoms with Gasteiger partial charge in [0.05, 0.1) is 18.2 Å². The summed E-state index contributed by atoms with van der Waals surface area (Å²) in [4.78, 5) is 39.4. The Morgan fingerprint density at radius 1 is 1.04 bits per heavy atom. The van der Waals surface area contributed by atoms with Gasteiger partial charge >= 0.3 is 0 Å². The molecule has 27 heavy (non-hydrogen) atoms. The third-order valence-corrected chi connectivity index (χ3v) is 4.02. The number of nitrogens with one attached hydrogen (secondary N) is 3. The van der Waals surface area contributed by atoms with Crippen molar-refractivity contribution < 1.29 is 9.59 Å². The number of aromatic nitrogens is 1. The van der Waals surface area contributed by atoms with Crippen LogP contribution < -0.4 is 16.1 Å². The van der Waals surface area contributed by atoms with Crippen LogP contribution in [0.4, 0.5) is 0 Å². The third kappa shape index (κ3) is 4.19. The first-order chi connectivity index (χ1) is 13.1. The topological polar surface area (TPSA) is 115 Å². The number of benzene rings is 2. The van der Waals surface area contributed by atoms with Gasteiger partial charge in [0, 0.05) is 23.6 Å². The number of hydrogen-bond acceptors (Lipinski definition) is 4. The molecule has 0 unspecified atom stereocenters. The van der Waals surface area contributed by atoms with Crippen LogP contribution in [0.5, 0.6) is 0 Å². The minimum absolute atomic E-state index is 0.0476. The van der Waals surface area contributed by atoms with Gasteiger partial charge in [0.2, 0.25) is 11.3 Å². The predicted octanol–water partition coefficient (Wildman–Crippen LogP) is 1.45. The van der Waals surface area contributed by atoms with Crippen molar-refractivity contribution in [3.8, 4) is 6.07 Å². The molecule has 0 spiro atoms. The Labute approximate surface area is 154 Å². The van der Waals surface area contributed by atoms with Gasteiger partial charge in [-0.05, 0) is 29.8 Å². The van der Waals surface area contributed by atoms with Gasteiger partial charge in [-0.3, -0.25) is 14.4 Å². The second-order valence-corrected chi connectivity index (χ2v) is 5.85. The number of carbonyl (C=O) groups is 2. The normalized spacial score (nSPS) is 10.2. The summed E-state index contributed by atoms with van der Waals surface area (Å²) in [5, 5.41) is 14.3. The van der Waals surface area contributed by atoms with E-state index in [1.807, 2.05) is 6.07 Å². The number of para-hydroxylation sites is 1. The molecule has 1 heterocycles. The van der Waals surface area contributed by atoms with Crippen LogP contribution in [0.3, 0.4) is 0 Å². The van der Waals surface area contributed by atoms with Crippen LogP contribution in [0.1, 0.15) is 21.5 Å². The van der Waals surface area contributed by atoms with E-state index in [-0.39, 0.29) is 30.0 Å². The van der Waals surface area contributed by atoms with Gasteiger partial charge < -0.3 is 15.6 Å². The fourth-order valence-electron chi connectivity index (χ4n) is 2.55. The number of carbonyl (C=O) groups excluding carboxylic acids is 2. The highest BCUT2D eigenvalue weighted by molar-refractivity contribution is 5.98. The lowest BCUT2D eigenvalue weighted by atomic mass is 10.1. The van der Waals surface area contributed by atoms with Crippen molar-refractivity contribution in [2.24, 2.45) is 0 Å². The molecular formula is C20H16N4O3. The van der Waals surface area contributed by atoms with Crippen LogP contribution in [0, 0.1) is 11.3 Å². The third-order valence-electron chi connectivity index (χ3n) is 4.02. The zero-order valence-corrected chi connectivity index (χ0v) is 14.3. The molecular weight excluding hydrogens is 344 g/mol. The molecule has 0 fully saturated rings. The maximum atomic E-state index is 12.4. The number of H-pyrrole nitrogens is 1. The lowest BCUT2D eigenvalue weighted by molar-refractivity contribution is -0.120. The Bertz CT molecular complexity index is 1090. The number of nitriles is 1. The number of nitrogens with zero attached hydrogens (tertiary/aromatic N) is 1. The molecule has 7 heteroatoms. The lowest BCUT2D eigenvalue weighted by Gasteiger charge is -2.07. The molecule has 0 radical (unpaired) electrons. The molecule has 0 atom stereocenters. The standard InChI is InChI=1S/C20H16N4O3/c21-9-13-5-7-14(8-6-13)10-23-18(25)12-24-20(27)16-11-22-17-4-2-1-3-15(17)19(16)26/h1-8,11H,10,12H2,(H,22,26)(H,23,25)(H,24,27). The zero-order valence-electron chi connectivity index (χ0n) is 14.3. The highest BCUT2D eigenvalue weighted by Gasteiger charge is 2.13. The first-order valence-corrected chi connectivity index (χ1v) is 8.23. The fourth-order valence-corrected chi connectivity index (χ4v) is 2.55. The van der Waals surface area contributed by atoms with E-state index >= 15 is 0 Å². The zero-order chi connectivity index (χ0) is 19.2. The lowest BCUT2D eigenvalue weighted by Crippen LogP contribution is -2.38. The van der Waals surface area contributed by atoms with E-state index in [0.717, 1.165) is 5.56 Å².